The molecule has 0 aromatic heterocycles. The molecular weight excluding hydrogens is 782 g/mol. The molecule has 4 aromatic carbocycles. The zero-order valence-electron chi connectivity index (χ0n) is 28.8. The zero-order valence-corrected chi connectivity index (χ0v) is 33.4. The second-order valence-corrected chi connectivity index (χ2v) is 13.1. The molecule has 13 heteroatoms. The Bertz CT molecular complexity index is 1370. The van der Waals surface area contributed by atoms with Gasteiger partial charge in [0.2, 0.25) is 11.8 Å². The number of amides is 2. The van der Waals surface area contributed by atoms with E-state index in [2.05, 4.69) is 10.6 Å². The summed E-state index contributed by atoms with van der Waals surface area (Å²) < 4.78 is 52.4. The first kappa shape index (κ1) is 48.7. The molecule has 2 amide bonds. The van der Waals surface area contributed by atoms with Gasteiger partial charge in [-0.15, -0.1) is 81.8 Å². The van der Waals surface area contributed by atoms with Crippen molar-refractivity contribution in [1.82, 2.24) is 10.6 Å². The van der Waals surface area contributed by atoms with Crippen LogP contribution in [0.5, 0.6) is 0 Å². The van der Waals surface area contributed by atoms with Crippen molar-refractivity contribution in [2.75, 3.05) is 23.5 Å². The van der Waals surface area contributed by atoms with E-state index in [9.17, 15) is 27.2 Å². The maximum absolute atomic E-state index is 13.5. The second kappa shape index (κ2) is 25.6. The molecule has 0 saturated heterocycles. The van der Waals surface area contributed by atoms with Crippen molar-refractivity contribution in [3.05, 3.63) is 131 Å². The van der Waals surface area contributed by atoms with E-state index >= 15 is 0 Å². The van der Waals surface area contributed by atoms with Gasteiger partial charge in [-0.05, 0) is 27.7 Å². The maximum Gasteiger partial charge on any atom is 4.00 e. The van der Waals surface area contributed by atoms with E-state index < -0.39 is 34.1 Å². The van der Waals surface area contributed by atoms with Gasteiger partial charge < -0.3 is 10.6 Å². The third-order valence-corrected chi connectivity index (χ3v) is 9.44. The number of carbonyl (C=O) groups is 2. The fourth-order valence-electron chi connectivity index (χ4n) is 3.78. The summed E-state index contributed by atoms with van der Waals surface area (Å²) in [6, 6.07) is 28.2. The van der Waals surface area contributed by atoms with Crippen LogP contribution >= 0.6 is 46.4 Å². The van der Waals surface area contributed by atoms with Crippen LogP contribution in [0.25, 0.3) is 0 Å². The molecule has 51 heavy (non-hydrogen) atoms. The average Bonchev–Trinajstić information content (AvgIpc) is 3.87. The summed E-state index contributed by atoms with van der Waals surface area (Å²) in [5.41, 5.74) is -1.16. The quantitative estimate of drug-likeness (QED) is 0.0648. The summed E-state index contributed by atoms with van der Waals surface area (Å²) in [6.45, 7) is 6.76. The third kappa shape index (κ3) is 18.3. The fourth-order valence-corrected chi connectivity index (χ4v) is 4.83. The number of hydrogen-bond acceptors (Lipinski definition) is 2. The van der Waals surface area contributed by atoms with Crippen LogP contribution in [0.4, 0.5) is 17.6 Å². The molecule has 4 nitrogen and oxygen atoms in total. The molecule has 0 bridgehead atoms. The Morgan fingerprint density at radius 3 is 1.16 bits per heavy atom. The van der Waals surface area contributed by atoms with Gasteiger partial charge in [0.15, 0.2) is 0 Å². The normalized spacial score (nSPS) is 11.8. The molecular formula is C38H42Cl4F4N2O2Ti. The van der Waals surface area contributed by atoms with Crippen LogP contribution in [0.15, 0.2) is 84.9 Å². The fraction of sp³-hybridized carbons (Fsp3) is 0.368. The van der Waals surface area contributed by atoms with E-state index in [1.54, 1.807) is 27.7 Å². The SMILES string of the molecule is CC(Cc1ccc(F)[c-]c1F)NC(=O)C(C)(CCl)CCl.CC(Cc1ccc(F)[c-]c1F)NC(=O)C(C)(CCl)CCl.[Ti+4].c1cc[cH-]c1.c1cc[cH-]c1. The predicted octanol–water partition coefficient (Wildman–Crippen LogP) is 9.40. The zero-order chi connectivity index (χ0) is 37.7. The van der Waals surface area contributed by atoms with E-state index in [1.807, 2.05) is 72.8 Å². The van der Waals surface area contributed by atoms with Crippen LogP contribution in [0, 0.1) is 46.2 Å². The number of hydrogen-bond donors (Lipinski definition) is 2. The molecule has 0 saturated carbocycles. The summed E-state index contributed by atoms with van der Waals surface area (Å²) in [6.07, 6.45) is 0.462. The topological polar surface area (TPSA) is 58.2 Å². The number of halogens is 8. The molecule has 0 aliphatic rings. The molecule has 0 radical (unpaired) electrons. The number of nitrogens with one attached hydrogen (secondary N) is 2. The van der Waals surface area contributed by atoms with Gasteiger partial charge in [0, 0.05) is 58.9 Å². The number of alkyl halides is 4. The molecule has 0 aliphatic carbocycles. The smallest absolute Gasteiger partial charge is 0.354 e. The summed E-state index contributed by atoms with van der Waals surface area (Å²) >= 11 is 23.0. The molecule has 0 fully saturated rings. The third-order valence-electron chi connectivity index (χ3n) is 7.08. The van der Waals surface area contributed by atoms with E-state index in [0.29, 0.717) is 0 Å². The van der Waals surface area contributed by atoms with Gasteiger partial charge in [-0.25, -0.2) is 41.8 Å². The first-order valence-electron chi connectivity index (χ1n) is 15.6. The Kier molecular flexibility index (Phi) is 24.4. The maximum atomic E-state index is 13.5. The van der Waals surface area contributed by atoms with Crippen LogP contribution in [0.1, 0.15) is 38.8 Å². The van der Waals surface area contributed by atoms with E-state index in [1.165, 1.54) is 12.1 Å². The van der Waals surface area contributed by atoms with Crippen molar-refractivity contribution in [3.8, 4) is 0 Å². The Morgan fingerprint density at radius 2 is 0.941 bits per heavy atom. The standard InChI is InChI=1S/2C14H16Cl2F2NO.2C5H5.Ti/c2*1-9(19-13(20)14(2,7-15)8-16)5-10-3-4-11(17)6-12(10)18;2*1-2-4-5-3-1;/h2*3-4,9H,5,7-8H2,1-2H3,(H,19,20);2*1-5H;/q4*-1;+4. The van der Waals surface area contributed by atoms with Crippen LogP contribution in [-0.4, -0.2) is 47.4 Å². The van der Waals surface area contributed by atoms with Crippen LogP contribution in [0.3, 0.4) is 0 Å². The average molecular weight is 824 g/mol. The Balaban J connectivity index is 0.000000754. The molecule has 2 N–H and O–H groups in total. The molecule has 4 rings (SSSR count). The van der Waals surface area contributed by atoms with Gasteiger partial charge in [-0.2, -0.15) is 48.5 Å². The monoisotopic (exact) mass is 822 g/mol. The number of benzene rings is 2. The Hall–Kier alpha value is -2.33. The van der Waals surface area contributed by atoms with Crippen molar-refractivity contribution in [2.45, 2.75) is 52.6 Å². The molecule has 2 atom stereocenters. The van der Waals surface area contributed by atoms with Crippen molar-refractivity contribution in [2.24, 2.45) is 10.8 Å². The molecule has 4 aromatic rings. The first-order valence-corrected chi connectivity index (χ1v) is 17.7. The first-order chi connectivity index (χ1) is 23.6. The molecule has 0 heterocycles. The van der Waals surface area contributed by atoms with Crippen molar-refractivity contribution in [3.63, 3.8) is 0 Å². The Labute approximate surface area is 334 Å². The second-order valence-electron chi connectivity index (χ2n) is 12.0. The molecule has 0 spiro atoms. The molecule has 276 valence electrons. The van der Waals surface area contributed by atoms with Crippen LogP contribution in [0.2, 0.25) is 0 Å². The predicted molar refractivity (Wildman–Crippen MR) is 196 cm³/mol. The van der Waals surface area contributed by atoms with Crippen LogP contribution < -0.4 is 10.6 Å². The van der Waals surface area contributed by atoms with Gasteiger partial charge in [0.05, 0.1) is 10.8 Å². The van der Waals surface area contributed by atoms with Gasteiger partial charge in [0.1, 0.15) is 0 Å². The van der Waals surface area contributed by atoms with E-state index in [-0.39, 0.29) is 93.1 Å². The van der Waals surface area contributed by atoms with Gasteiger partial charge in [-0.3, -0.25) is 9.59 Å². The minimum atomic E-state index is -0.870. The minimum absolute atomic E-state index is 0. The molecule has 0 aliphatic heterocycles. The largest absolute Gasteiger partial charge is 4.00 e. The molecule has 2 unspecified atom stereocenters. The van der Waals surface area contributed by atoms with Crippen molar-refractivity contribution < 1.29 is 48.9 Å². The summed E-state index contributed by atoms with van der Waals surface area (Å²) in [7, 11) is 0. The van der Waals surface area contributed by atoms with Crippen molar-refractivity contribution in [1.29, 1.82) is 0 Å². The van der Waals surface area contributed by atoms with Gasteiger partial charge >= 0.3 is 21.7 Å². The van der Waals surface area contributed by atoms with Gasteiger partial charge in [0.25, 0.3) is 0 Å². The minimum Gasteiger partial charge on any atom is -0.354 e. The van der Waals surface area contributed by atoms with Gasteiger partial charge in [-0.1, -0.05) is 12.8 Å². The van der Waals surface area contributed by atoms with Crippen molar-refractivity contribution >= 4 is 58.2 Å². The summed E-state index contributed by atoms with van der Waals surface area (Å²) in [5.74, 6) is -3.21. The summed E-state index contributed by atoms with van der Waals surface area (Å²) in [5, 5.41) is 5.46. The Morgan fingerprint density at radius 1 is 0.647 bits per heavy atom. The number of rotatable bonds is 12. The van der Waals surface area contributed by atoms with E-state index in [0.717, 1.165) is 12.1 Å². The number of carbonyl (C=O) groups excluding carboxylic acids is 2. The van der Waals surface area contributed by atoms with Crippen LogP contribution in [-0.2, 0) is 44.1 Å². The van der Waals surface area contributed by atoms with E-state index in [4.69, 9.17) is 46.4 Å². The summed E-state index contributed by atoms with van der Waals surface area (Å²) in [4.78, 5) is 24.1.